The van der Waals surface area contributed by atoms with E-state index in [1.165, 1.54) is 9.59 Å². The minimum atomic E-state index is -0.335. The lowest BCUT2D eigenvalue weighted by atomic mass is 9.84. The van der Waals surface area contributed by atoms with Gasteiger partial charge in [-0.25, -0.2) is 0 Å². The van der Waals surface area contributed by atoms with Gasteiger partial charge in [0.2, 0.25) is 11.8 Å². The Balaban J connectivity index is 0.967. The topological polar surface area (TPSA) is 160 Å². The first kappa shape index (κ1) is 38.0. The van der Waals surface area contributed by atoms with Crippen LogP contribution in [0.1, 0.15) is 89.5 Å². The number of carbonyl (C=O) groups is 2. The molecule has 4 aromatic carbocycles. The van der Waals surface area contributed by atoms with Gasteiger partial charge in [0.15, 0.2) is 0 Å². The van der Waals surface area contributed by atoms with Crippen LogP contribution in [-0.2, 0) is 33.3 Å². The molecule has 0 aliphatic rings. The molecule has 12 nitrogen and oxygen atoms in total. The van der Waals surface area contributed by atoms with Crippen LogP contribution in [0.3, 0.4) is 0 Å². The average molecular weight is 731 g/mol. The van der Waals surface area contributed by atoms with Crippen LogP contribution in [0.25, 0.3) is 33.4 Å². The summed E-state index contributed by atoms with van der Waals surface area (Å²) in [4.78, 5) is 28.5. The Morgan fingerprint density at radius 1 is 0.574 bits per heavy atom. The highest BCUT2D eigenvalue weighted by Gasteiger charge is 2.25. The number of aromatic nitrogens is 6. The number of nitrogens with one attached hydrogen (secondary N) is 2. The number of carbonyl (C=O) groups excluding carboxylic acids is 2. The summed E-state index contributed by atoms with van der Waals surface area (Å²) < 4.78 is 0. The molecular formula is C42H50N8O4. The summed E-state index contributed by atoms with van der Waals surface area (Å²) in [6.45, 7) is 13.2. The predicted octanol–water partition coefficient (Wildman–Crippen LogP) is 6.74. The molecule has 282 valence electrons. The summed E-state index contributed by atoms with van der Waals surface area (Å²) in [5, 5.41) is 46.7. The first-order valence-electron chi connectivity index (χ1n) is 18.6. The van der Waals surface area contributed by atoms with Gasteiger partial charge in [-0.2, -0.15) is 0 Å². The van der Waals surface area contributed by atoms with E-state index in [-0.39, 0.29) is 34.1 Å². The van der Waals surface area contributed by atoms with E-state index >= 15 is 0 Å². The smallest absolute Gasteiger partial charge is 0.220 e. The Bertz CT molecular complexity index is 2070. The van der Waals surface area contributed by atoms with Crippen molar-refractivity contribution in [1.82, 2.24) is 40.6 Å². The molecule has 0 radical (unpaired) electrons. The van der Waals surface area contributed by atoms with Crippen LogP contribution in [0, 0.1) is 0 Å². The van der Waals surface area contributed by atoms with Crippen molar-refractivity contribution in [2.24, 2.45) is 0 Å². The fourth-order valence-corrected chi connectivity index (χ4v) is 6.42. The number of hydrogen-bond acceptors (Lipinski definition) is 8. The van der Waals surface area contributed by atoms with E-state index < -0.39 is 0 Å². The van der Waals surface area contributed by atoms with Gasteiger partial charge >= 0.3 is 0 Å². The molecule has 4 N–H and O–H groups in total. The van der Waals surface area contributed by atoms with Gasteiger partial charge in [-0.05, 0) is 84.0 Å². The molecule has 0 saturated carbocycles. The first-order valence-corrected chi connectivity index (χ1v) is 18.6. The Labute approximate surface area is 315 Å². The van der Waals surface area contributed by atoms with Crippen molar-refractivity contribution in [3.05, 3.63) is 95.1 Å². The van der Waals surface area contributed by atoms with Gasteiger partial charge in [0.25, 0.3) is 0 Å². The Morgan fingerprint density at radius 3 is 1.22 bits per heavy atom. The van der Waals surface area contributed by atoms with Crippen molar-refractivity contribution < 1.29 is 19.8 Å². The molecule has 0 fully saturated rings. The number of nitrogens with zero attached hydrogens (tertiary/aromatic N) is 6. The lowest BCUT2D eigenvalue weighted by Crippen LogP contribution is -2.27. The standard InChI is InChI=1S/C42H50N8O4/c1-41(2,3)29-23-27(25-35(39(29)53)49-45-31-13-7-8-14-32(31)46-49)17-19-37(51)43-21-11-12-22-44-38(52)20-18-28-24-30(42(4,5)6)40(54)36(26-28)50-47-33-15-9-10-16-34(33)48-50/h7-10,13-16,23-26,53-54H,11-12,17-22H2,1-6H3,(H,43,51)(H,44,52). The summed E-state index contributed by atoms with van der Waals surface area (Å²) >= 11 is 0. The summed E-state index contributed by atoms with van der Waals surface area (Å²) in [5.74, 6) is 0.138. The van der Waals surface area contributed by atoms with E-state index in [2.05, 4.69) is 31.0 Å². The van der Waals surface area contributed by atoms with Crippen molar-refractivity contribution >= 4 is 33.9 Å². The molecule has 2 amide bonds. The number of aryl methyl sites for hydroxylation is 2. The van der Waals surface area contributed by atoms with Gasteiger partial charge in [-0.1, -0.05) is 77.9 Å². The summed E-state index contributed by atoms with van der Waals surface area (Å²) in [5.41, 5.74) is 6.58. The number of rotatable bonds is 13. The molecule has 0 unspecified atom stereocenters. The third-order valence-electron chi connectivity index (χ3n) is 9.45. The Morgan fingerprint density at radius 2 is 0.907 bits per heavy atom. The first-order chi connectivity index (χ1) is 25.7. The zero-order chi connectivity index (χ0) is 38.6. The number of hydrogen-bond donors (Lipinski definition) is 4. The largest absolute Gasteiger partial charge is 0.505 e. The van der Waals surface area contributed by atoms with Crippen LogP contribution in [-0.4, -0.2) is 65.1 Å². The lowest BCUT2D eigenvalue weighted by molar-refractivity contribution is -0.122. The van der Waals surface area contributed by atoms with Gasteiger partial charge in [-0.15, -0.1) is 30.0 Å². The minimum absolute atomic E-state index is 0.0600. The van der Waals surface area contributed by atoms with Crippen molar-refractivity contribution in [3.63, 3.8) is 0 Å². The SMILES string of the molecule is CC(C)(C)c1cc(CCC(=O)NCCCCNC(=O)CCc2cc(-n3nc4ccccc4n3)c(O)c(C(C)(C)C)c2)cc(-n2nc3ccccc3n2)c1O. The number of unbranched alkanes of at least 4 members (excludes halogenated alkanes) is 1. The highest BCUT2D eigenvalue weighted by Crippen LogP contribution is 2.38. The predicted molar refractivity (Wildman–Crippen MR) is 210 cm³/mol. The van der Waals surface area contributed by atoms with Gasteiger partial charge in [0.1, 0.15) is 44.9 Å². The third-order valence-corrected chi connectivity index (χ3v) is 9.45. The van der Waals surface area contributed by atoms with Crippen LogP contribution >= 0.6 is 0 Å². The maximum Gasteiger partial charge on any atom is 0.220 e. The van der Waals surface area contributed by atoms with Crippen LogP contribution in [0.15, 0.2) is 72.8 Å². The van der Waals surface area contributed by atoms with Crippen molar-refractivity contribution in [1.29, 1.82) is 0 Å². The highest BCUT2D eigenvalue weighted by atomic mass is 16.3. The van der Waals surface area contributed by atoms with E-state index in [9.17, 15) is 19.8 Å². The Kier molecular flexibility index (Phi) is 11.0. The second-order valence-electron chi connectivity index (χ2n) is 15.9. The van der Waals surface area contributed by atoms with Gasteiger partial charge < -0.3 is 20.8 Å². The van der Waals surface area contributed by atoms with Crippen LogP contribution in [0.4, 0.5) is 0 Å². The number of aromatic hydroxyl groups is 2. The van der Waals surface area contributed by atoms with E-state index in [1.807, 2.05) is 114 Å². The summed E-state index contributed by atoms with van der Waals surface area (Å²) in [6.07, 6.45) is 3.03. The molecule has 0 spiro atoms. The maximum atomic E-state index is 12.8. The second-order valence-corrected chi connectivity index (χ2v) is 15.9. The molecule has 0 atom stereocenters. The van der Waals surface area contributed by atoms with E-state index in [0.717, 1.165) is 57.2 Å². The number of phenolic OH excluding ortho intramolecular Hbond substituents is 2. The normalized spacial score (nSPS) is 12.0. The summed E-state index contributed by atoms with van der Waals surface area (Å²) in [7, 11) is 0. The molecular weight excluding hydrogens is 681 g/mol. The van der Waals surface area contributed by atoms with E-state index in [1.54, 1.807) is 0 Å². The van der Waals surface area contributed by atoms with E-state index in [4.69, 9.17) is 0 Å². The van der Waals surface area contributed by atoms with E-state index in [0.29, 0.717) is 50.1 Å². The van der Waals surface area contributed by atoms with Gasteiger partial charge in [0.05, 0.1) is 0 Å². The fourth-order valence-electron chi connectivity index (χ4n) is 6.42. The number of phenols is 2. The van der Waals surface area contributed by atoms with Crippen LogP contribution in [0.2, 0.25) is 0 Å². The fraction of sp³-hybridized carbons (Fsp3) is 0.381. The Hall–Kier alpha value is -5.78. The van der Waals surface area contributed by atoms with Crippen LogP contribution < -0.4 is 10.6 Å². The maximum absolute atomic E-state index is 12.8. The zero-order valence-electron chi connectivity index (χ0n) is 32.0. The zero-order valence-corrected chi connectivity index (χ0v) is 32.0. The molecule has 6 aromatic rings. The van der Waals surface area contributed by atoms with Gasteiger partial charge in [-0.3, -0.25) is 9.59 Å². The van der Waals surface area contributed by atoms with Crippen LogP contribution in [0.5, 0.6) is 11.5 Å². The molecule has 0 aliphatic heterocycles. The van der Waals surface area contributed by atoms with Crippen molar-refractivity contribution in [3.8, 4) is 22.9 Å². The molecule has 54 heavy (non-hydrogen) atoms. The van der Waals surface area contributed by atoms with Crippen molar-refractivity contribution in [2.75, 3.05) is 13.1 Å². The average Bonchev–Trinajstić information content (AvgIpc) is 3.76. The number of amides is 2. The minimum Gasteiger partial charge on any atom is -0.505 e. The quantitative estimate of drug-likeness (QED) is 0.0952. The lowest BCUT2D eigenvalue weighted by Gasteiger charge is -2.23. The molecule has 0 bridgehead atoms. The molecule has 2 aromatic heterocycles. The number of benzene rings is 4. The highest BCUT2D eigenvalue weighted by molar-refractivity contribution is 5.77. The number of fused-ring (bicyclic) bond motifs is 2. The summed E-state index contributed by atoms with van der Waals surface area (Å²) in [6, 6.07) is 22.7. The molecule has 6 rings (SSSR count). The molecule has 0 aliphatic carbocycles. The van der Waals surface area contributed by atoms with Gasteiger partial charge in [0, 0.05) is 37.1 Å². The molecule has 0 saturated heterocycles. The molecule has 2 heterocycles. The third kappa shape index (κ3) is 8.87. The molecule has 12 heteroatoms. The second kappa shape index (κ2) is 15.7. The van der Waals surface area contributed by atoms with Crippen molar-refractivity contribution in [2.45, 2.75) is 90.9 Å². The monoisotopic (exact) mass is 730 g/mol.